The number of aryl methyl sites for hydroxylation is 1. The third-order valence-electron chi connectivity index (χ3n) is 4.67. The number of nitrogens with one attached hydrogen (secondary N) is 1. The van der Waals surface area contributed by atoms with Gasteiger partial charge in [0.2, 0.25) is 0 Å². The van der Waals surface area contributed by atoms with Crippen LogP contribution >= 0.6 is 23.1 Å². The van der Waals surface area contributed by atoms with Crippen molar-refractivity contribution in [2.24, 2.45) is 0 Å². The lowest BCUT2D eigenvalue weighted by molar-refractivity contribution is 1.14. The van der Waals surface area contributed by atoms with Crippen LogP contribution in [0.2, 0.25) is 0 Å². The summed E-state index contributed by atoms with van der Waals surface area (Å²) in [7, 11) is 0. The molecule has 4 aromatic rings. The molecule has 0 saturated heterocycles. The number of nitrogens with zero attached hydrogens (tertiary/aromatic N) is 1. The van der Waals surface area contributed by atoms with Crippen LogP contribution in [0.1, 0.15) is 23.9 Å². The minimum absolute atomic E-state index is 0.0959. The van der Waals surface area contributed by atoms with E-state index in [1.54, 1.807) is 11.8 Å². The van der Waals surface area contributed by atoms with Crippen molar-refractivity contribution in [3.05, 3.63) is 87.3 Å². The van der Waals surface area contributed by atoms with Crippen molar-refractivity contribution in [2.75, 3.05) is 6.26 Å². The molecule has 0 amide bonds. The first-order chi connectivity index (χ1) is 13.7. The maximum absolute atomic E-state index is 12.9. The summed E-state index contributed by atoms with van der Waals surface area (Å²) in [5.74, 6) is 0.617. The number of thioether (sulfide) groups is 1. The Morgan fingerprint density at radius 2 is 1.89 bits per heavy atom. The number of rotatable bonds is 5. The summed E-state index contributed by atoms with van der Waals surface area (Å²) in [5, 5.41) is 2.67. The highest BCUT2D eigenvalue weighted by Crippen LogP contribution is 2.32. The van der Waals surface area contributed by atoms with Crippen LogP contribution in [-0.2, 0) is 6.42 Å². The molecule has 0 unspecified atom stereocenters. The van der Waals surface area contributed by atoms with Crippen LogP contribution in [0, 0.1) is 0 Å². The van der Waals surface area contributed by atoms with Crippen molar-refractivity contribution in [1.82, 2.24) is 9.97 Å². The van der Waals surface area contributed by atoms with E-state index in [1.807, 2.05) is 42.0 Å². The summed E-state index contributed by atoms with van der Waals surface area (Å²) in [6.07, 6.45) is 5.09. The van der Waals surface area contributed by atoms with E-state index >= 15 is 0 Å². The molecule has 28 heavy (non-hydrogen) atoms. The lowest BCUT2D eigenvalue weighted by Gasteiger charge is -2.05. The van der Waals surface area contributed by atoms with E-state index in [0.717, 1.165) is 32.8 Å². The number of hydrogen-bond donors (Lipinski definition) is 1. The van der Waals surface area contributed by atoms with Gasteiger partial charge in [-0.15, -0.1) is 23.1 Å². The highest BCUT2D eigenvalue weighted by Gasteiger charge is 2.14. The summed E-state index contributed by atoms with van der Waals surface area (Å²) >= 11 is 3.09. The molecule has 4 rings (SSSR count). The molecule has 0 fully saturated rings. The lowest BCUT2D eigenvalue weighted by Crippen LogP contribution is -2.10. The van der Waals surface area contributed by atoms with Gasteiger partial charge in [0.05, 0.1) is 10.3 Å². The molecule has 1 N–H and O–H groups in total. The van der Waals surface area contributed by atoms with Gasteiger partial charge >= 0.3 is 0 Å². The number of aromatic nitrogens is 2. The van der Waals surface area contributed by atoms with Crippen LogP contribution in [0.25, 0.3) is 32.3 Å². The van der Waals surface area contributed by atoms with E-state index in [9.17, 15) is 4.79 Å². The molecule has 5 heteroatoms. The number of fused-ring (bicyclic) bond motifs is 1. The molecular formula is C23H20N2OS2. The van der Waals surface area contributed by atoms with E-state index < -0.39 is 0 Å². The predicted molar refractivity (Wildman–Crippen MR) is 123 cm³/mol. The van der Waals surface area contributed by atoms with E-state index in [1.165, 1.54) is 16.9 Å². The molecule has 0 spiro atoms. The van der Waals surface area contributed by atoms with Crippen molar-refractivity contribution in [3.63, 3.8) is 0 Å². The molecule has 0 aliphatic heterocycles. The van der Waals surface area contributed by atoms with Gasteiger partial charge in [-0.1, -0.05) is 61.5 Å². The average molecular weight is 405 g/mol. The maximum atomic E-state index is 12.9. The van der Waals surface area contributed by atoms with Gasteiger partial charge in [0, 0.05) is 10.9 Å². The van der Waals surface area contributed by atoms with Gasteiger partial charge in [-0.2, -0.15) is 0 Å². The SMILES string of the molecule is CCc1ccc(/C=C(\SC)c2nc3scc(-c4ccccc4)c3c(=O)[nH]2)cc1. The Bertz CT molecular complexity index is 1190. The van der Waals surface area contributed by atoms with Crippen LogP contribution in [0.3, 0.4) is 0 Å². The van der Waals surface area contributed by atoms with Gasteiger partial charge < -0.3 is 4.98 Å². The van der Waals surface area contributed by atoms with Crippen LogP contribution in [0.5, 0.6) is 0 Å². The van der Waals surface area contributed by atoms with Crippen molar-refractivity contribution in [1.29, 1.82) is 0 Å². The molecule has 0 radical (unpaired) electrons. The maximum Gasteiger partial charge on any atom is 0.260 e. The van der Waals surface area contributed by atoms with E-state index in [2.05, 4.69) is 42.2 Å². The molecule has 2 aromatic carbocycles. The molecule has 0 saturated carbocycles. The van der Waals surface area contributed by atoms with Gasteiger partial charge in [0.25, 0.3) is 5.56 Å². The minimum atomic E-state index is -0.0959. The van der Waals surface area contributed by atoms with Crippen LogP contribution < -0.4 is 5.56 Å². The minimum Gasteiger partial charge on any atom is -0.305 e. The van der Waals surface area contributed by atoms with Gasteiger partial charge in [-0.3, -0.25) is 4.79 Å². The Balaban J connectivity index is 1.78. The monoisotopic (exact) mass is 404 g/mol. The summed E-state index contributed by atoms with van der Waals surface area (Å²) in [6, 6.07) is 18.4. The third-order valence-corrected chi connectivity index (χ3v) is 6.29. The quantitative estimate of drug-likeness (QED) is 0.439. The molecular weight excluding hydrogens is 384 g/mol. The lowest BCUT2D eigenvalue weighted by atomic mass is 10.1. The highest BCUT2D eigenvalue weighted by molar-refractivity contribution is 8.07. The molecule has 0 bridgehead atoms. The third kappa shape index (κ3) is 3.68. The first-order valence-corrected chi connectivity index (χ1v) is 11.2. The van der Waals surface area contributed by atoms with E-state index in [0.29, 0.717) is 11.2 Å². The standard InChI is InChI=1S/C23H20N2OS2/c1-3-15-9-11-16(12-10-15)13-19(27-2)21-24-22(26)20-18(14-28-23(20)25-21)17-7-5-4-6-8-17/h4-14H,3H2,1-2H3,(H,24,25,26)/b19-13-. The Kier molecular flexibility index (Phi) is 5.46. The zero-order chi connectivity index (χ0) is 19.5. The fourth-order valence-corrected chi connectivity index (χ4v) is 4.61. The second-order valence-electron chi connectivity index (χ2n) is 6.42. The summed E-state index contributed by atoms with van der Waals surface area (Å²) in [6.45, 7) is 2.15. The van der Waals surface area contributed by atoms with Crippen molar-refractivity contribution in [3.8, 4) is 11.1 Å². The first kappa shape index (κ1) is 18.7. The fourth-order valence-electron chi connectivity index (χ4n) is 3.12. The predicted octanol–water partition coefficient (Wildman–Crippen LogP) is 6.08. The summed E-state index contributed by atoms with van der Waals surface area (Å²) in [5.41, 5.74) is 4.28. The molecule has 0 aliphatic rings. The largest absolute Gasteiger partial charge is 0.305 e. The summed E-state index contributed by atoms with van der Waals surface area (Å²) in [4.78, 5) is 22.3. The number of benzene rings is 2. The van der Waals surface area contributed by atoms with Gasteiger partial charge in [-0.05, 0) is 35.4 Å². The Morgan fingerprint density at radius 1 is 1.14 bits per heavy atom. The van der Waals surface area contributed by atoms with Gasteiger partial charge in [0.1, 0.15) is 10.7 Å². The zero-order valence-corrected chi connectivity index (χ0v) is 17.4. The van der Waals surface area contributed by atoms with Crippen molar-refractivity contribution >= 4 is 44.3 Å². The van der Waals surface area contributed by atoms with E-state index in [4.69, 9.17) is 4.98 Å². The Morgan fingerprint density at radius 3 is 2.57 bits per heavy atom. The molecule has 2 heterocycles. The van der Waals surface area contributed by atoms with Gasteiger partial charge in [0.15, 0.2) is 0 Å². The smallest absolute Gasteiger partial charge is 0.260 e. The molecule has 0 atom stereocenters. The topological polar surface area (TPSA) is 45.8 Å². The number of aromatic amines is 1. The number of H-pyrrole nitrogens is 1. The van der Waals surface area contributed by atoms with Crippen LogP contribution in [0.4, 0.5) is 0 Å². The summed E-state index contributed by atoms with van der Waals surface area (Å²) < 4.78 is 0. The second kappa shape index (κ2) is 8.17. The fraction of sp³-hybridized carbons (Fsp3) is 0.130. The number of thiophene rings is 1. The average Bonchev–Trinajstić information content (AvgIpc) is 3.18. The normalized spacial score (nSPS) is 11.9. The van der Waals surface area contributed by atoms with Crippen molar-refractivity contribution < 1.29 is 0 Å². The van der Waals surface area contributed by atoms with Crippen LogP contribution in [-0.4, -0.2) is 16.2 Å². The molecule has 3 nitrogen and oxygen atoms in total. The zero-order valence-electron chi connectivity index (χ0n) is 15.7. The molecule has 0 aliphatic carbocycles. The highest BCUT2D eigenvalue weighted by atomic mass is 32.2. The first-order valence-electron chi connectivity index (χ1n) is 9.11. The van der Waals surface area contributed by atoms with Gasteiger partial charge in [-0.25, -0.2) is 4.98 Å². The van der Waals surface area contributed by atoms with E-state index in [-0.39, 0.29) is 5.56 Å². The molecule has 2 aromatic heterocycles. The molecule has 140 valence electrons. The number of hydrogen-bond acceptors (Lipinski definition) is 4. The van der Waals surface area contributed by atoms with Crippen molar-refractivity contribution in [2.45, 2.75) is 13.3 Å². The second-order valence-corrected chi connectivity index (χ2v) is 8.12. The Labute approximate surface area is 172 Å². The Hall–Kier alpha value is -2.63. The van der Waals surface area contributed by atoms with Crippen LogP contribution in [0.15, 0.2) is 64.8 Å².